The Hall–Kier alpha value is -1.55. The van der Waals surface area contributed by atoms with Gasteiger partial charge < -0.3 is 0 Å². The molecule has 1 atom stereocenters. The van der Waals surface area contributed by atoms with Crippen LogP contribution in [0.2, 0.25) is 0 Å². The third-order valence-electron chi connectivity index (χ3n) is 5.49. The Morgan fingerprint density at radius 3 is 1.89 bits per heavy atom. The van der Waals surface area contributed by atoms with Crippen LogP contribution in [0.4, 0.5) is 5.69 Å². The molecule has 0 saturated carbocycles. The second-order valence-corrected chi connectivity index (χ2v) is 9.30. The number of alkyl halides is 2. The second-order valence-electron chi connectivity index (χ2n) is 8.05. The van der Waals surface area contributed by atoms with E-state index < -0.39 is 4.58 Å². The fourth-order valence-corrected chi connectivity index (χ4v) is 4.67. The van der Waals surface area contributed by atoms with E-state index in [1.165, 1.54) is 0 Å². The van der Waals surface area contributed by atoms with E-state index in [9.17, 15) is 4.79 Å². The lowest BCUT2D eigenvalue weighted by atomic mass is 9.92. The summed E-state index contributed by atoms with van der Waals surface area (Å²) < 4.78 is -1.46. The van der Waals surface area contributed by atoms with E-state index in [1.807, 2.05) is 48.2 Å². The minimum absolute atomic E-state index is 0.0808. The first-order valence-corrected chi connectivity index (χ1v) is 10.6. The van der Waals surface area contributed by atoms with E-state index in [4.69, 9.17) is 23.2 Å². The number of nitrogens with zero attached hydrogens (tertiary/aromatic N) is 2. The molecule has 3 nitrogen and oxygen atoms in total. The quantitative estimate of drug-likeness (QED) is 0.412. The zero-order valence-corrected chi connectivity index (χ0v) is 18.6. The molecule has 0 aliphatic carbocycles. The molecule has 1 fully saturated rings. The second kappa shape index (κ2) is 8.06. The summed E-state index contributed by atoms with van der Waals surface area (Å²) in [5, 5.41) is 0. The summed E-state index contributed by atoms with van der Waals surface area (Å²) in [4.78, 5) is 16.7. The largest absolute Gasteiger partial charge is 0.273 e. The van der Waals surface area contributed by atoms with Crippen LogP contribution in [-0.4, -0.2) is 21.9 Å². The van der Waals surface area contributed by atoms with Gasteiger partial charge in [-0.1, -0.05) is 99.4 Å². The molecule has 5 heteroatoms. The Bertz CT molecular complexity index is 823. The lowest BCUT2D eigenvalue weighted by Gasteiger charge is -2.38. The SMILES string of the molecule is CC(C)c1cccc(C(C)C)c1N1C(=O)CN(C(C)c2ccccc2)C1(Cl)Cl. The van der Waals surface area contributed by atoms with Crippen LogP contribution < -0.4 is 4.90 Å². The van der Waals surface area contributed by atoms with Crippen molar-refractivity contribution in [2.75, 3.05) is 11.4 Å². The number of rotatable bonds is 5. The monoisotopic (exact) mass is 418 g/mol. The number of hydrogen-bond acceptors (Lipinski definition) is 2. The van der Waals surface area contributed by atoms with Crippen LogP contribution in [0.15, 0.2) is 48.5 Å². The van der Waals surface area contributed by atoms with Crippen molar-refractivity contribution in [1.29, 1.82) is 0 Å². The molecular weight excluding hydrogens is 391 g/mol. The molecule has 3 rings (SSSR count). The molecule has 1 heterocycles. The minimum Gasteiger partial charge on any atom is -0.273 e. The molecule has 0 radical (unpaired) electrons. The van der Waals surface area contributed by atoms with Crippen molar-refractivity contribution in [1.82, 2.24) is 4.90 Å². The lowest BCUT2D eigenvalue weighted by molar-refractivity contribution is -0.116. The number of hydrogen-bond donors (Lipinski definition) is 0. The van der Waals surface area contributed by atoms with Crippen molar-refractivity contribution in [3.05, 3.63) is 65.2 Å². The predicted octanol–water partition coefficient (Wildman–Crippen LogP) is 6.43. The van der Waals surface area contributed by atoms with Gasteiger partial charge in [0.25, 0.3) is 4.58 Å². The molecule has 1 aliphatic heterocycles. The van der Waals surface area contributed by atoms with E-state index in [0.29, 0.717) is 0 Å². The van der Waals surface area contributed by atoms with Crippen LogP contribution in [-0.2, 0) is 4.79 Å². The summed E-state index contributed by atoms with van der Waals surface area (Å²) in [5.41, 5.74) is 4.09. The number of amides is 1. The maximum atomic E-state index is 13.2. The van der Waals surface area contributed by atoms with Gasteiger partial charge in [-0.15, -0.1) is 0 Å². The van der Waals surface area contributed by atoms with Crippen molar-refractivity contribution in [2.24, 2.45) is 0 Å². The van der Waals surface area contributed by atoms with Crippen molar-refractivity contribution in [3.63, 3.8) is 0 Å². The highest BCUT2D eigenvalue weighted by atomic mass is 35.5. The fraction of sp³-hybridized carbons (Fsp3) is 0.435. The maximum Gasteiger partial charge on any atom is 0.257 e. The number of carbonyl (C=O) groups is 1. The molecule has 150 valence electrons. The van der Waals surface area contributed by atoms with Gasteiger partial charge in [-0.3, -0.25) is 9.69 Å². The van der Waals surface area contributed by atoms with Crippen molar-refractivity contribution in [3.8, 4) is 0 Å². The number of carbonyl (C=O) groups excluding carboxylic acids is 1. The van der Waals surface area contributed by atoms with Crippen LogP contribution in [0.25, 0.3) is 0 Å². The van der Waals surface area contributed by atoms with Gasteiger partial charge in [0.15, 0.2) is 0 Å². The number of halogens is 2. The van der Waals surface area contributed by atoms with E-state index in [1.54, 1.807) is 4.90 Å². The first-order valence-electron chi connectivity index (χ1n) is 9.81. The third-order valence-corrected chi connectivity index (χ3v) is 6.26. The summed E-state index contributed by atoms with van der Waals surface area (Å²) in [6.07, 6.45) is 0. The summed E-state index contributed by atoms with van der Waals surface area (Å²) in [7, 11) is 0. The van der Waals surface area contributed by atoms with Gasteiger partial charge in [0, 0.05) is 6.04 Å². The van der Waals surface area contributed by atoms with Gasteiger partial charge in [-0.25, -0.2) is 4.90 Å². The third kappa shape index (κ3) is 3.68. The molecular formula is C23H28Cl2N2O. The van der Waals surface area contributed by atoms with Gasteiger partial charge in [0.05, 0.1) is 12.2 Å². The van der Waals surface area contributed by atoms with Crippen LogP contribution >= 0.6 is 23.2 Å². The first kappa shape index (κ1) is 21.2. The van der Waals surface area contributed by atoms with Gasteiger partial charge in [-0.05, 0) is 35.4 Å². The highest BCUT2D eigenvalue weighted by Crippen LogP contribution is 2.48. The average molecular weight is 419 g/mol. The Morgan fingerprint density at radius 1 is 0.857 bits per heavy atom. The Morgan fingerprint density at radius 2 is 1.39 bits per heavy atom. The Labute approximate surface area is 178 Å². The molecule has 0 aromatic heterocycles. The number of benzene rings is 2. The fourth-order valence-electron chi connectivity index (χ4n) is 3.90. The molecule has 1 saturated heterocycles. The highest BCUT2D eigenvalue weighted by Gasteiger charge is 2.53. The smallest absolute Gasteiger partial charge is 0.257 e. The summed E-state index contributed by atoms with van der Waals surface area (Å²) >= 11 is 13.8. The first-order chi connectivity index (χ1) is 13.2. The van der Waals surface area contributed by atoms with Gasteiger partial charge in [-0.2, -0.15) is 0 Å². The van der Waals surface area contributed by atoms with E-state index in [-0.39, 0.29) is 30.3 Å². The van der Waals surface area contributed by atoms with Crippen molar-refractivity contribution in [2.45, 2.75) is 57.1 Å². The molecule has 0 N–H and O–H groups in total. The summed E-state index contributed by atoms with van der Waals surface area (Å²) in [6.45, 7) is 10.7. The van der Waals surface area contributed by atoms with Gasteiger partial charge >= 0.3 is 0 Å². The zero-order chi connectivity index (χ0) is 20.6. The molecule has 0 spiro atoms. The Balaban J connectivity index is 2.10. The average Bonchev–Trinajstić information content (AvgIpc) is 2.89. The van der Waals surface area contributed by atoms with E-state index >= 15 is 0 Å². The Kier molecular flexibility index (Phi) is 6.09. The van der Waals surface area contributed by atoms with Gasteiger partial charge in [0.1, 0.15) is 0 Å². The summed E-state index contributed by atoms with van der Waals surface area (Å²) in [5.74, 6) is 0.403. The molecule has 0 bridgehead atoms. The summed E-state index contributed by atoms with van der Waals surface area (Å²) in [6, 6.07) is 16.1. The van der Waals surface area contributed by atoms with Crippen LogP contribution in [0.3, 0.4) is 0 Å². The van der Waals surface area contributed by atoms with Gasteiger partial charge in [0.2, 0.25) is 5.91 Å². The maximum absolute atomic E-state index is 13.2. The predicted molar refractivity (Wildman–Crippen MR) is 118 cm³/mol. The van der Waals surface area contributed by atoms with E-state index in [2.05, 4.69) is 39.8 Å². The van der Waals surface area contributed by atoms with E-state index in [0.717, 1.165) is 22.4 Å². The van der Waals surface area contributed by atoms with Crippen LogP contribution in [0, 0.1) is 0 Å². The number of para-hydroxylation sites is 1. The molecule has 1 unspecified atom stereocenters. The molecule has 1 amide bonds. The molecule has 28 heavy (non-hydrogen) atoms. The lowest BCUT2D eigenvalue weighted by Crippen LogP contribution is -2.46. The molecule has 2 aromatic rings. The molecule has 2 aromatic carbocycles. The zero-order valence-electron chi connectivity index (χ0n) is 17.1. The molecule has 1 aliphatic rings. The topological polar surface area (TPSA) is 23.6 Å². The normalized spacial score (nSPS) is 18.3. The van der Waals surface area contributed by atoms with Crippen molar-refractivity contribution >= 4 is 34.8 Å². The number of anilines is 1. The van der Waals surface area contributed by atoms with Crippen LogP contribution in [0.1, 0.15) is 69.2 Å². The standard InChI is InChI=1S/C23H28Cl2N2O/c1-15(2)19-12-9-13-20(16(3)4)22(19)27-21(28)14-26(23(27,24)25)17(5)18-10-7-6-8-11-18/h6-13,15-17H,14H2,1-5H3. The minimum atomic E-state index is -1.46. The van der Waals surface area contributed by atoms with Crippen LogP contribution in [0.5, 0.6) is 0 Å². The highest BCUT2D eigenvalue weighted by molar-refractivity contribution is 6.51. The van der Waals surface area contributed by atoms with Crippen molar-refractivity contribution < 1.29 is 4.79 Å².